The summed E-state index contributed by atoms with van der Waals surface area (Å²) in [7, 11) is 0. The second-order valence-electron chi connectivity index (χ2n) is 3.74. The number of hydrogen-bond acceptors (Lipinski definition) is 3. The van der Waals surface area contributed by atoms with Crippen LogP contribution < -0.4 is 15.4 Å². The molecule has 1 atom stereocenters. The van der Waals surface area contributed by atoms with E-state index in [0.717, 1.165) is 11.4 Å². The van der Waals surface area contributed by atoms with Gasteiger partial charge in [-0.05, 0) is 19.1 Å². The Kier molecular flexibility index (Phi) is 2.60. The van der Waals surface area contributed by atoms with Crippen molar-refractivity contribution in [3.05, 3.63) is 24.3 Å². The van der Waals surface area contributed by atoms with E-state index in [1.165, 1.54) is 0 Å². The largest absolute Gasteiger partial charge is 0.482 e. The maximum atomic E-state index is 11.6. The highest BCUT2D eigenvalue weighted by Crippen LogP contribution is 2.31. The second kappa shape index (κ2) is 3.90. The summed E-state index contributed by atoms with van der Waals surface area (Å²) in [5, 5.41) is 0. The van der Waals surface area contributed by atoms with Crippen LogP contribution in [-0.4, -0.2) is 25.1 Å². The minimum Gasteiger partial charge on any atom is -0.482 e. The third-order valence-corrected chi connectivity index (χ3v) is 2.28. The number of fused-ring (bicyclic) bond motifs is 1. The van der Waals surface area contributed by atoms with Crippen LogP contribution in [0.3, 0.4) is 0 Å². The van der Waals surface area contributed by atoms with Gasteiger partial charge < -0.3 is 15.4 Å². The van der Waals surface area contributed by atoms with Crippen LogP contribution in [-0.2, 0) is 4.79 Å². The van der Waals surface area contributed by atoms with Crippen LogP contribution in [0.4, 0.5) is 5.69 Å². The third kappa shape index (κ3) is 1.94. The van der Waals surface area contributed by atoms with Crippen molar-refractivity contribution in [2.45, 2.75) is 13.0 Å². The van der Waals surface area contributed by atoms with E-state index < -0.39 is 0 Å². The van der Waals surface area contributed by atoms with Crippen molar-refractivity contribution in [2.75, 3.05) is 18.1 Å². The highest BCUT2D eigenvalue weighted by atomic mass is 16.5. The SMILES string of the molecule is CC(N)CN1C(=O)COc2ccccc21. The van der Waals surface area contributed by atoms with Gasteiger partial charge in [0.15, 0.2) is 6.61 Å². The maximum absolute atomic E-state index is 11.6. The van der Waals surface area contributed by atoms with Gasteiger partial charge in [-0.3, -0.25) is 4.79 Å². The Balaban J connectivity index is 2.33. The van der Waals surface area contributed by atoms with E-state index in [9.17, 15) is 4.79 Å². The first-order chi connectivity index (χ1) is 7.18. The molecule has 1 aliphatic rings. The molecule has 1 heterocycles. The first-order valence-corrected chi connectivity index (χ1v) is 4.96. The topological polar surface area (TPSA) is 55.6 Å². The molecule has 1 aromatic carbocycles. The summed E-state index contributed by atoms with van der Waals surface area (Å²) in [4.78, 5) is 13.3. The molecule has 0 saturated heterocycles. The van der Waals surface area contributed by atoms with Gasteiger partial charge in [0, 0.05) is 12.6 Å². The summed E-state index contributed by atoms with van der Waals surface area (Å²) in [6.07, 6.45) is 0. The normalized spacial score (nSPS) is 16.9. The molecule has 0 radical (unpaired) electrons. The third-order valence-electron chi connectivity index (χ3n) is 2.28. The Bertz CT molecular complexity index is 377. The Morgan fingerprint density at radius 1 is 1.53 bits per heavy atom. The van der Waals surface area contributed by atoms with E-state index in [0.29, 0.717) is 6.54 Å². The number of nitrogens with two attached hydrogens (primary N) is 1. The highest BCUT2D eigenvalue weighted by Gasteiger charge is 2.25. The molecule has 0 aliphatic carbocycles. The Hall–Kier alpha value is -1.55. The van der Waals surface area contributed by atoms with Crippen LogP contribution in [0.5, 0.6) is 5.75 Å². The van der Waals surface area contributed by atoms with Gasteiger partial charge >= 0.3 is 0 Å². The van der Waals surface area contributed by atoms with E-state index in [1.807, 2.05) is 31.2 Å². The van der Waals surface area contributed by atoms with Crippen molar-refractivity contribution in [1.29, 1.82) is 0 Å². The second-order valence-corrected chi connectivity index (χ2v) is 3.74. The first-order valence-electron chi connectivity index (χ1n) is 4.96. The lowest BCUT2D eigenvalue weighted by molar-refractivity contribution is -0.121. The molecule has 2 rings (SSSR count). The van der Waals surface area contributed by atoms with Gasteiger partial charge in [0.05, 0.1) is 5.69 Å². The zero-order chi connectivity index (χ0) is 10.8. The number of amides is 1. The molecule has 0 fully saturated rings. The average Bonchev–Trinajstić information content (AvgIpc) is 2.22. The number of hydrogen-bond donors (Lipinski definition) is 1. The van der Waals surface area contributed by atoms with Crippen LogP contribution in [0.25, 0.3) is 0 Å². The fourth-order valence-corrected chi connectivity index (χ4v) is 1.64. The zero-order valence-electron chi connectivity index (χ0n) is 8.64. The number of carbonyl (C=O) groups is 1. The molecule has 80 valence electrons. The van der Waals surface area contributed by atoms with Crippen LogP contribution in [0.2, 0.25) is 0 Å². The van der Waals surface area contributed by atoms with Gasteiger partial charge in [0.25, 0.3) is 5.91 Å². The van der Waals surface area contributed by atoms with Crippen LogP contribution in [0, 0.1) is 0 Å². The molecule has 0 spiro atoms. The molecule has 0 saturated carbocycles. The van der Waals surface area contributed by atoms with Crippen molar-refractivity contribution in [2.24, 2.45) is 5.73 Å². The standard InChI is InChI=1S/C11H14N2O2/c1-8(12)6-13-9-4-2-3-5-10(9)15-7-11(13)14/h2-5,8H,6-7,12H2,1H3. The lowest BCUT2D eigenvalue weighted by Gasteiger charge is -2.30. The van der Waals surface area contributed by atoms with Gasteiger partial charge in [-0.15, -0.1) is 0 Å². The molecular weight excluding hydrogens is 192 g/mol. The number of anilines is 1. The maximum Gasteiger partial charge on any atom is 0.265 e. The van der Waals surface area contributed by atoms with Crippen LogP contribution in [0.15, 0.2) is 24.3 Å². The van der Waals surface area contributed by atoms with E-state index in [1.54, 1.807) is 4.90 Å². The van der Waals surface area contributed by atoms with E-state index in [4.69, 9.17) is 10.5 Å². The van der Waals surface area contributed by atoms with Crippen molar-refractivity contribution in [3.8, 4) is 5.75 Å². The molecule has 0 bridgehead atoms. The lowest BCUT2D eigenvalue weighted by atomic mass is 10.2. The molecule has 1 amide bonds. The van der Waals surface area contributed by atoms with Crippen molar-refractivity contribution < 1.29 is 9.53 Å². The molecule has 2 N–H and O–H groups in total. The van der Waals surface area contributed by atoms with E-state index in [-0.39, 0.29) is 18.6 Å². The summed E-state index contributed by atoms with van der Waals surface area (Å²) < 4.78 is 5.32. The Labute approximate surface area is 88.6 Å². The van der Waals surface area contributed by atoms with Gasteiger partial charge in [0.2, 0.25) is 0 Å². The average molecular weight is 206 g/mol. The number of para-hydroxylation sites is 2. The van der Waals surface area contributed by atoms with E-state index in [2.05, 4.69) is 0 Å². The van der Waals surface area contributed by atoms with Crippen LogP contribution in [0.1, 0.15) is 6.92 Å². The molecule has 1 aliphatic heterocycles. The monoisotopic (exact) mass is 206 g/mol. The minimum atomic E-state index is -0.0416. The first kappa shape index (κ1) is 9.98. The smallest absolute Gasteiger partial charge is 0.265 e. The predicted molar refractivity (Wildman–Crippen MR) is 57.9 cm³/mol. The zero-order valence-corrected chi connectivity index (χ0v) is 8.64. The predicted octanol–water partition coefficient (Wildman–Crippen LogP) is 0.759. The fourth-order valence-electron chi connectivity index (χ4n) is 1.64. The molecule has 1 aromatic rings. The molecule has 4 nitrogen and oxygen atoms in total. The summed E-state index contributed by atoms with van der Waals surface area (Å²) >= 11 is 0. The van der Waals surface area contributed by atoms with Gasteiger partial charge in [-0.2, -0.15) is 0 Å². The minimum absolute atomic E-state index is 0.0361. The van der Waals surface area contributed by atoms with Crippen molar-refractivity contribution in [3.63, 3.8) is 0 Å². The summed E-state index contributed by atoms with van der Waals surface area (Å²) in [6, 6.07) is 7.46. The lowest BCUT2D eigenvalue weighted by Crippen LogP contribution is -2.44. The molecule has 0 aromatic heterocycles. The Morgan fingerprint density at radius 3 is 3.00 bits per heavy atom. The number of nitrogens with zero attached hydrogens (tertiary/aromatic N) is 1. The molecule has 1 unspecified atom stereocenters. The molecule has 15 heavy (non-hydrogen) atoms. The number of ether oxygens (including phenoxy) is 1. The van der Waals surface area contributed by atoms with Crippen molar-refractivity contribution >= 4 is 11.6 Å². The number of rotatable bonds is 2. The van der Waals surface area contributed by atoms with Crippen molar-refractivity contribution in [1.82, 2.24) is 0 Å². The number of carbonyl (C=O) groups excluding carboxylic acids is 1. The summed E-state index contributed by atoms with van der Waals surface area (Å²) in [6.45, 7) is 2.51. The van der Waals surface area contributed by atoms with Gasteiger partial charge in [0.1, 0.15) is 5.75 Å². The highest BCUT2D eigenvalue weighted by molar-refractivity contribution is 5.97. The molecular formula is C11H14N2O2. The van der Waals surface area contributed by atoms with Gasteiger partial charge in [-0.25, -0.2) is 0 Å². The van der Waals surface area contributed by atoms with Crippen LogP contribution >= 0.6 is 0 Å². The molecule has 4 heteroatoms. The fraction of sp³-hybridized carbons (Fsp3) is 0.364. The van der Waals surface area contributed by atoms with Gasteiger partial charge in [-0.1, -0.05) is 12.1 Å². The van der Waals surface area contributed by atoms with E-state index >= 15 is 0 Å². The number of benzene rings is 1. The summed E-state index contributed by atoms with van der Waals surface area (Å²) in [5.74, 6) is 0.712. The summed E-state index contributed by atoms with van der Waals surface area (Å²) in [5.41, 5.74) is 6.52. The quantitative estimate of drug-likeness (QED) is 0.777. The Morgan fingerprint density at radius 2 is 2.27 bits per heavy atom.